The lowest BCUT2D eigenvalue weighted by Crippen LogP contribution is -2.29. The number of alkyl halides is 1. The zero-order valence-corrected chi connectivity index (χ0v) is 76.7. The fourth-order valence-corrected chi connectivity index (χ4v) is 18.3. The van der Waals surface area contributed by atoms with Gasteiger partial charge in [0.05, 0.1) is 44.1 Å². The van der Waals surface area contributed by atoms with Crippen molar-refractivity contribution in [2.45, 2.75) is 34.6 Å². The summed E-state index contributed by atoms with van der Waals surface area (Å²) in [4.78, 5) is 26.7. The van der Waals surface area contributed by atoms with Gasteiger partial charge in [0.2, 0.25) is 10.6 Å². The summed E-state index contributed by atoms with van der Waals surface area (Å²) in [6.45, 7) is 0.739. The molecule has 0 fully saturated rings. The van der Waals surface area contributed by atoms with Gasteiger partial charge in [0.1, 0.15) is 36.8 Å². The number of nitrogens with two attached hydrogens (primary N) is 3. The van der Waals surface area contributed by atoms with Crippen molar-refractivity contribution in [3.63, 3.8) is 0 Å². The lowest BCUT2D eigenvalue weighted by Gasteiger charge is -2.12. The number of rotatable bonds is 15. The van der Waals surface area contributed by atoms with Gasteiger partial charge in [-0.05, 0) is 164 Å². The number of halogens is 3. The highest BCUT2D eigenvalue weighted by atomic mass is 35.5. The van der Waals surface area contributed by atoms with Gasteiger partial charge in [0.15, 0.2) is 5.84 Å². The van der Waals surface area contributed by atoms with E-state index in [1.165, 1.54) is 65.3 Å². The van der Waals surface area contributed by atoms with E-state index < -0.39 is 7.12 Å². The Morgan fingerprint density at radius 3 is 0.906 bits per heavy atom. The first-order valence-electron chi connectivity index (χ1n) is 45.0. The van der Waals surface area contributed by atoms with Crippen LogP contribution in [0.15, 0.2) is 485 Å². The van der Waals surface area contributed by atoms with Gasteiger partial charge in [0, 0.05) is 76.7 Å². The third kappa shape index (κ3) is 20.8. The van der Waals surface area contributed by atoms with Crippen LogP contribution in [0.4, 0.5) is 0 Å². The molecule has 0 amide bonds. The third-order valence-electron chi connectivity index (χ3n) is 24.4. The van der Waals surface area contributed by atoms with Crippen molar-refractivity contribution >= 4 is 169 Å². The van der Waals surface area contributed by atoms with Crippen molar-refractivity contribution in [1.82, 2.24) is 18.3 Å². The lowest BCUT2D eigenvalue weighted by molar-refractivity contribution is 0.425. The van der Waals surface area contributed by atoms with E-state index in [1.54, 1.807) is 6.07 Å². The molecule has 0 spiro atoms. The number of nitrogens with zero attached hydrogens (tertiary/aromatic N) is 10. The first-order valence-corrected chi connectivity index (χ1v) is 46.3. The second-order valence-electron chi connectivity index (χ2n) is 32.7. The van der Waals surface area contributed by atoms with Crippen LogP contribution in [0, 0.1) is 0 Å². The second-order valence-corrected chi connectivity index (χ2v) is 33.6. The molecule has 22 aromatic rings. The standard InChI is InChI=1S/C45H33N5.C27H21ClN4.C18H14BNO2.C15H13Cl2N3.C13H10.2CH4/c46-44(33-27-25-32(26-28-33)31-13-2-1-3-14-31)48-45(47-30-49-40-21-8-4-17-36(40)37-18-5-9-22-41(37)49)34-15-12-16-35(29-34)50-42-23-10-6-19-38(42)39-20-7-11-24-43(39)50;28-27(31-26(29)21-16-14-20(15-17-21)19-8-2-1-3-9-19)30-18-32-24-12-6-4-10-22(24)23-11-5-7-13-25(23)32;21-19(22)13-6-5-7-14(12-13)20-17-10-3-1-8-15(17)16-9-2-4-11-18(16)20;16-10-19-15(17)20-14(18)13-8-6-12(7-9-13)11-4-2-1-3-5-11;1-3-7-12-10(5-1)9-11-6-2-4-8-13(11)12;;/h1-29H,30H2,(H2,46,47,48);1-17H,18H2,(H2,29,30,31);1-12,21-22H;1-9H,10H2,(H2,18,19,20);1-8H,9H2;2*1H4. The molecule has 0 saturated carbocycles. The molecule has 0 radical (unpaired) electrons. The summed E-state index contributed by atoms with van der Waals surface area (Å²) in [6.07, 6.45) is 1.10. The minimum Gasteiger partial charge on any atom is -0.423 e. The highest BCUT2D eigenvalue weighted by Crippen LogP contribution is 2.39. The number of benzene rings is 18. The summed E-state index contributed by atoms with van der Waals surface area (Å²) in [7, 11) is -1.46. The molecule has 680 valence electrons. The summed E-state index contributed by atoms with van der Waals surface area (Å²) < 4.78 is 8.85. The Morgan fingerprint density at radius 2 is 0.554 bits per heavy atom. The first-order chi connectivity index (χ1) is 67.3. The molecule has 19 heteroatoms. The maximum absolute atomic E-state index is 9.42. The van der Waals surface area contributed by atoms with Gasteiger partial charge < -0.3 is 45.5 Å². The molecule has 1 aliphatic carbocycles. The minimum atomic E-state index is -1.46. The summed E-state index contributed by atoms with van der Waals surface area (Å²) in [5, 5.41) is 28.6. The Morgan fingerprint density at radius 1 is 0.273 bits per heavy atom. The number of fused-ring (bicyclic) bond motifs is 15. The van der Waals surface area contributed by atoms with Crippen molar-refractivity contribution in [3.8, 4) is 55.9 Å². The van der Waals surface area contributed by atoms with E-state index in [9.17, 15) is 10.0 Å². The molecular formula is C120H99BCl3N13O2. The maximum atomic E-state index is 9.42. The fourth-order valence-electron chi connectivity index (χ4n) is 17.9. The summed E-state index contributed by atoms with van der Waals surface area (Å²) >= 11 is 17.5. The molecule has 0 saturated heterocycles. The van der Waals surface area contributed by atoms with Crippen LogP contribution in [0.1, 0.15) is 48.2 Å². The maximum Gasteiger partial charge on any atom is 0.488 e. The molecule has 4 aromatic heterocycles. The van der Waals surface area contributed by atoms with Gasteiger partial charge in [-0.1, -0.05) is 397 Å². The van der Waals surface area contributed by atoms with Crippen molar-refractivity contribution in [1.29, 1.82) is 0 Å². The van der Waals surface area contributed by atoms with Gasteiger partial charge in [-0.3, -0.25) is 0 Å². The van der Waals surface area contributed by atoms with Crippen LogP contribution in [0.5, 0.6) is 0 Å². The molecule has 0 aliphatic heterocycles. The number of hydrogen-bond donors (Lipinski definition) is 5. The van der Waals surface area contributed by atoms with E-state index in [4.69, 9.17) is 62.0 Å². The van der Waals surface area contributed by atoms with Crippen LogP contribution < -0.4 is 22.7 Å². The molecule has 139 heavy (non-hydrogen) atoms. The van der Waals surface area contributed by atoms with E-state index in [1.807, 2.05) is 182 Å². The average Bonchev–Trinajstić information content (AvgIpc) is 1.59. The molecule has 18 aromatic carbocycles. The molecule has 0 bridgehead atoms. The zero-order valence-electron chi connectivity index (χ0n) is 74.4. The predicted octanol–water partition coefficient (Wildman–Crippen LogP) is 27.6. The molecule has 0 unspecified atom stereocenters. The Kier molecular flexibility index (Phi) is 29.7. The van der Waals surface area contributed by atoms with Gasteiger partial charge in [0.25, 0.3) is 0 Å². The van der Waals surface area contributed by atoms with E-state index in [0.717, 1.165) is 118 Å². The molecular weight excluding hydrogens is 1770 g/mol. The minimum absolute atomic E-state index is 0. The molecule has 8 N–H and O–H groups in total. The summed E-state index contributed by atoms with van der Waals surface area (Å²) in [5.41, 5.74) is 46.1. The number of hydrogen-bond acceptors (Lipinski definition) is 5. The van der Waals surface area contributed by atoms with Gasteiger partial charge in [-0.15, -0.1) is 11.6 Å². The summed E-state index contributed by atoms with van der Waals surface area (Å²) in [5.74, 6) is 1.62. The SMILES string of the molecule is C.C.NC(=NC(=NCn1c2ccccc2c2ccccc21)c1cccc(-n2c3ccccc3c3ccccc32)c1)c1ccc(-c2ccccc2)cc1.NC(=NC(Cl)=NCCl)c1ccc(-c2ccccc2)cc1.NC(=NC(Cl)=NCn1c2ccccc2c2ccccc21)c1ccc(-c2ccccc2)cc1.OB(O)c1cccc(-n2c3ccccc3c3ccccc32)c1.c1ccc2c(c1)Cc1ccccc1-2. The van der Waals surface area contributed by atoms with Crippen LogP contribution in [-0.2, 0) is 19.8 Å². The monoisotopic (exact) mass is 1870 g/mol. The lowest BCUT2D eigenvalue weighted by atomic mass is 9.80. The van der Waals surface area contributed by atoms with E-state index in [0.29, 0.717) is 42.1 Å². The first kappa shape index (κ1) is 94.2. The van der Waals surface area contributed by atoms with Crippen LogP contribution in [0.2, 0.25) is 0 Å². The fraction of sp³-hybridized carbons (Fsp3) is 0.0500. The quantitative estimate of drug-likeness (QED) is 0.0222. The van der Waals surface area contributed by atoms with Gasteiger partial charge in [-0.2, -0.15) is 0 Å². The van der Waals surface area contributed by atoms with E-state index >= 15 is 0 Å². The highest BCUT2D eigenvalue weighted by molar-refractivity contribution is 6.66. The van der Waals surface area contributed by atoms with Gasteiger partial charge in [-0.25, -0.2) is 30.0 Å². The van der Waals surface area contributed by atoms with Crippen LogP contribution in [0.25, 0.3) is 143 Å². The molecule has 4 heterocycles. The van der Waals surface area contributed by atoms with Crippen molar-refractivity contribution in [2.75, 3.05) is 6.00 Å². The molecule has 0 atom stereocenters. The van der Waals surface area contributed by atoms with Crippen molar-refractivity contribution in [3.05, 3.63) is 488 Å². The van der Waals surface area contributed by atoms with E-state index in [-0.39, 0.29) is 31.4 Å². The number of para-hydroxylation sites is 8. The highest BCUT2D eigenvalue weighted by Gasteiger charge is 2.21. The Labute approximate surface area is 822 Å². The van der Waals surface area contributed by atoms with Crippen LogP contribution >= 0.6 is 34.8 Å². The molecule has 23 rings (SSSR count). The van der Waals surface area contributed by atoms with Crippen molar-refractivity contribution in [2.24, 2.45) is 47.2 Å². The largest absolute Gasteiger partial charge is 0.488 e. The zero-order chi connectivity index (χ0) is 93.5. The number of aromatic nitrogens is 4. The Hall–Kier alpha value is -16.6. The average molecular weight is 1870 g/mol. The van der Waals surface area contributed by atoms with Crippen molar-refractivity contribution < 1.29 is 10.0 Å². The smallest absolute Gasteiger partial charge is 0.423 e. The van der Waals surface area contributed by atoms with Crippen LogP contribution in [-0.4, -0.2) is 75.4 Å². The molecule has 1 aliphatic rings. The topological polar surface area (TPSA) is 212 Å². The normalized spacial score (nSPS) is 12.1. The van der Waals surface area contributed by atoms with Crippen LogP contribution in [0.3, 0.4) is 0 Å². The second kappa shape index (κ2) is 43.8. The predicted molar refractivity (Wildman–Crippen MR) is 590 cm³/mol. The number of amidine groups is 6. The molecule has 15 nitrogen and oxygen atoms in total. The Bertz CT molecular complexity index is 8060. The van der Waals surface area contributed by atoms with E-state index in [2.05, 4.69) is 305 Å². The van der Waals surface area contributed by atoms with Gasteiger partial charge >= 0.3 is 7.12 Å². The third-order valence-corrected chi connectivity index (χ3v) is 25.0. The summed E-state index contributed by atoms with van der Waals surface area (Å²) in [6, 6.07) is 155. The Balaban J connectivity index is 0.000000129. The number of aliphatic imine (C=N–C) groups is 6.